The summed E-state index contributed by atoms with van der Waals surface area (Å²) in [7, 11) is -4.00. The van der Waals surface area contributed by atoms with Crippen LogP contribution in [-0.4, -0.2) is 22.2 Å². The van der Waals surface area contributed by atoms with Crippen molar-refractivity contribution in [3.8, 4) is 6.07 Å². The quantitative estimate of drug-likeness (QED) is 0.298. The monoisotopic (exact) mass is 367 g/mol. The van der Waals surface area contributed by atoms with E-state index < -0.39 is 22.2 Å². The first kappa shape index (κ1) is 23.2. The number of nitrogens with zero attached hydrogens (tertiary/aromatic N) is 1. The van der Waals surface area contributed by atoms with E-state index in [1.807, 2.05) is 0 Å². The van der Waals surface area contributed by atoms with Crippen LogP contribution in [0.25, 0.3) is 0 Å². The molecule has 0 saturated carbocycles. The zero-order valence-corrected chi connectivity index (χ0v) is 19.4. The Balaban J connectivity index is 5.54. The molecule has 0 radical (unpaired) electrons. The number of hydrogen-bond donors (Lipinski definition) is 0. The van der Waals surface area contributed by atoms with Gasteiger partial charge in [0.25, 0.3) is 0 Å². The van der Waals surface area contributed by atoms with Gasteiger partial charge >= 0.3 is 0 Å². The van der Waals surface area contributed by atoms with Gasteiger partial charge in [0.05, 0.1) is 6.26 Å². The van der Waals surface area contributed by atoms with Crippen LogP contribution in [0.1, 0.15) is 48.0 Å². The topological polar surface area (TPSA) is 42.2 Å². The second kappa shape index (κ2) is 7.59. The van der Waals surface area contributed by atoms with Crippen LogP contribution in [-0.2, 0) is 8.85 Å². The number of nitriles is 1. The Morgan fingerprint density at radius 3 is 1.75 bits per heavy atom. The maximum Gasteiger partial charge on any atom is 0.249 e. The summed E-state index contributed by atoms with van der Waals surface area (Å²) in [6, 6.07) is 2.36. The van der Waals surface area contributed by atoms with Crippen molar-refractivity contribution in [2.45, 2.75) is 89.8 Å². The summed E-state index contributed by atoms with van der Waals surface area (Å²) < 4.78 is 12.5. The fourth-order valence-electron chi connectivity index (χ4n) is 1.56. The molecule has 0 amide bonds. The first-order valence-corrected chi connectivity index (χ1v) is 14.4. The summed E-state index contributed by atoms with van der Waals surface area (Å²) in [4.78, 5) is 0. The molecule has 0 fully saturated rings. The highest BCUT2D eigenvalue weighted by molar-refractivity contribution is 6.74. The van der Waals surface area contributed by atoms with Crippen LogP contribution in [0.3, 0.4) is 0 Å². The Morgan fingerprint density at radius 2 is 1.42 bits per heavy atom. The molecule has 0 aromatic carbocycles. The lowest BCUT2D eigenvalue weighted by molar-refractivity contribution is 0.159. The summed E-state index contributed by atoms with van der Waals surface area (Å²) in [6.07, 6.45) is 5.67. The van der Waals surface area contributed by atoms with Crippen molar-refractivity contribution in [3.05, 3.63) is 25.0 Å². The van der Waals surface area contributed by atoms with Crippen molar-refractivity contribution in [2.24, 2.45) is 0 Å². The maximum atomic E-state index is 9.83. The van der Waals surface area contributed by atoms with Gasteiger partial charge in [0.1, 0.15) is 6.07 Å². The molecule has 24 heavy (non-hydrogen) atoms. The predicted molar refractivity (Wildman–Crippen MR) is 109 cm³/mol. The Bertz CT molecular complexity index is 505. The zero-order valence-electron chi connectivity index (χ0n) is 17.4. The number of rotatable bonds is 7. The highest BCUT2D eigenvalue weighted by Crippen LogP contribution is 2.41. The van der Waals surface area contributed by atoms with Crippen molar-refractivity contribution in [2.75, 3.05) is 0 Å². The van der Waals surface area contributed by atoms with Gasteiger partial charge in [0, 0.05) is 6.42 Å². The molecule has 3 nitrogen and oxygen atoms in total. The summed E-state index contributed by atoms with van der Waals surface area (Å²) in [6.45, 7) is 25.6. The lowest BCUT2D eigenvalue weighted by Crippen LogP contribution is -2.48. The minimum absolute atomic E-state index is 0.0321. The molecular formula is C19H37NO2Si2. The van der Waals surface area contributed by atoms with Crippen molar-refractivity contribution in [1.82, 2.24) is 0 Å². The molecule has 0 spiro atoms. The minimum atomic E-state index is -2.10. The van der Waals surface area contributed by atoms with E-state index >= 15 is 0 Å². The predicted octanol–water partition coefficient (Wildman–Crippen LogP) is 6.38. The average Bonchev–Trinajstić information content (AvgIpc) is 2.35. The van der Waals surface area contributed by atoms with E-state index in [4.69, 9.17) is 8.85 Å². The minimum Gasteiger partial charge on any atom is -0.549 e. The van der Waals surface area contributed by atoms with Gasteiger partial charge in [-0.25, -0.2) is 0 Å². The summed E-state index contributed by atoms with van der Waals surface area (Å²) in [5.74, 6) is 0. The molecule has 0 aliphatic heterocycles. The second-order valence-corrected chi connectivity index (χ2v) is 19.0. The molecule has 0 aliphatic carbocycles. The first-order valence-electron chi connectivity index (χ1n) is 8.61. The molecule has 0 bridgehead atoms. The van der Waals surface area contributed by atoms with Crippen molar-refractivity contribution >= 4 is 16.6 Å². The van der Waals surface area contributed by atoms with E-state index in [-0.39, 0.29) is 10.1 Å². The molecule has 0 aromatic rings. The van der Waals surface area contributed by atoms with Crippen LogP contribution in [0.2, 0.25) is 36.3 Å². The lowest BCUT2D eigenvalue weighted by atomic mass is 10.0. The smallest absolute Gasteiger partial charge is 0.249 e. The van der Waals surface area contributed by atoms with Crippen LogP contribution >= 0.6 is 0 Å². The van der Waals surface area contributed by atoms with Gasteiger partial charge in [-0.1, -0.05) is 47.6 Å². The van der Waals surface area contributed by atoms with Crippen LogP contribution in [0.15, 0.2) is 25.0 Å². The van der Waals surface area contributed by atoms with Crippen LogP contribution < -0.4 is 0 Å². The van der Waals surface area contributed by atoms with Gasteiger partial charge in [-0.05, 0) is 42.3 Å². The summed E-state index contributed by atoms with van der Waals surface area (Å²) in [5.41, 5.74) is -1.01. The van der Waals surface area contributed by atoms with Gasteiger partial charge < -0.3 is 8.85 Å². The van der Waals surface area contributed by atoms with E-state index in [9.17, 15) is 5.26 Å². The number of hydrogen-bond acceptors (Lipinski definition) is 3. The van der Waals surface area contributed by atoms with E-state index in [1.165, 1.54) is 0 Å². The van der Waals surface area contributed by atoms with Crippen LogP contribution in [0.5, 0.6) is 0 Å². The summed E-state index contributed by atoms with van der Waals surface area (Å²) >= 11 is 0. The standard InChI is InChI=1S/C19H37NO2Si2/c1-12-13-19(16-20,22-24(10,11)18(5,6)7)14-15-21-23(8,9)17(2,3)4/h12,14-15H,1,13H2,2-11H3/b15-14+/t19-/m0/s1. The summed E-state index contributed by atoms with van der Waals surface area (Å²) in [5, 5.41) is 9.98. The molecule has 1 atom stereocenters. The molecule has 0 N–H and O–H groups in total. The largest absolute Gasteiger partial charge is 0.549 e. The molecule has 0 saturated heterocycles. The third-order valence-electron chi connectivity index (χ3n) is 5.39. The molecule has 0 aliphatic rings. The van der Waals surface area contributed by atoms with E-state index in [1.54, 1.807) is 18.4 Å². The van der Waals surface area contributed by atoms with Gasteiger partial charge in [0.15, 0.2) is 13.9 Å². The molecule has 0 unspecified atom stereocenters. The van der Waals surface area contributed by atoms with Crippen molar-refractivity contribution < 1.29 is 8.85 Å². The van der Waals surface area contributed by atoms with Gasteiger partial charge in [0.2, 0.25) is 8.32 Å². The van der Waals surface area contributed by atoms with Crippen molar-refractivity contribution in [3.63, 3.8) is 0 Å². The Hall–Kier alpha value is -0.836. The van der Waals surface area contributed by atoms with E-state index in [2.05, 4.69) is 80.4 Å². The average molecular weight is 368 g/mol. The SMILES string of the molecule is C=CC[C@@](C#N)(/C=C/O[Si](C)(C)C(C)(C)C)O[Si](C)(C)C(C)(C)C. The van der Waals surface area contributed by atoms with Gasteiger partial charge in [-0.15, -0.1) is 6.58 Å². The fraction of sp³-hybridized carbons (Fsp3) is 0.737. The maximum absolute atomic E-state index is 9.83. The molecule has 0 rings (SSSR count). The molecule has 138 valence electrons. The van der Waals surface area contributed by atoms with Crippen LogP contribution in [0, 0.1) is 11.3 Å². The highest BCUT2D eigenvalue weighted by Gasteiger charge is 2.44. The third kappa shape index (κ3) is 5.91. The normalized spacial score (nSPS) is 16.5. The van der Waals surface area contributed by atoms with Crippen molar-refractivity contribution in [1.29, 1.82) is 5.26 Å². The van der Waals surface area contributed by atoms with Gasteiger partial charge in [-0.2, -0.15) is 5.26 Å². The lowest BCUT2D eigenvalue weighted by Gasteiger charge is -2.41. The van der Waals surface area contributed by atoms with E-state index in [0.717, 1.165) is 0 Å². The second-order valence-electron chi connectivity index (χ2n) is 9.54. The Kier molecular flexibility index (Phi) is 7.33. The van der Waals surface area contributed by atoms with Crippen LogP contribution in [0.4, 0.5) is 0 Å². The van der Waals surface area contributed by atoms with E-state index in [0.29, 0.717) is 6.42 Å². The molecule has 5 heteroatoms. The Labute approximate surface area is 152 Å². The zero-order chi connectivity index (χ0) is 19.4. The Morgan fingerprint density at radius 1 is 0.958 bits per heavy atom. The fourth-order valence-corrected chi connectivity index (χ4v) is 3.74. The molecule has 0 aromatic heterocycles. The molecular weight excluding hydrogens is 330 g/mol. The molecule has 0 heterocycles. The van der Waals surface area contributed by atoms with Gasteiger partial charge in [-0.3, -0.25) is 0 Å². The third-order valence-corrected chi connectivity index (χ3v) is 14.2. The first-order chi connectivity index (χ1) is 10.5. The highest BCUT2D eigenvalue weighted by atomic mass is 28.4.